The largest absolute Gasteiger partial charge is 0.326 e. The van der Waals surface area contributed by atoms with Gasteiger partial charge < -0.3 is 16.0 Å². The Labute approximate surface area is 141 Å². The first-order valence-corrected chi connectivity index (χ1v) is 8.20. The first-order valence-electron chi connectivity index (χ1n) is 8.20. The minimum atomic E-state index is -0.357. The number of amides is 1. The van der Waals surface area contributed by atoms with E-state index < -0.39 is 0 Å². The molecule has 1 fully saturated rings. The van der Waals surface area contributed by atoms with Crippen LogP contribution in [0, 0.1) is 5.82 Å². The molecule has 0 radical (unpaired) electrons. The maximum atomic E-state index is 13.1. The second-order valence-corrected chi connectivity index (χ2v) is 6.25. The Hall–Kier alpha value is -2.24. The maximum absolute atomic E-state index is 13.1. The van der Waals surface area contributed by atoms with Crippen LogP contribution in [0.15, 0.2) is 54.6 Å². The Morgan fingerprint density at radius 3 is 2.71 bits per heavy atom. The molecule has 0 aromatic heterocycles. The molecule has 1 amide bonds. The Morgan fingerprint density at radius 2 is 1.96 bits per heavy atom. The van der Waals surface area contributed by atoms with Crippen LogP contribution in [0.1, 0.15) is 17.9 Å². The van der Waals surface area contributed by atoms with Crippen molar-refractivity contribution in [2.45, 2.75) is 18.4 Å². The standard InChI is InChI=1S/C19H22FN3O/c20-15-7-4-8-16(11-15)22-19(24)9-10-23-12-17(18(21)13-23)14-5-2-1-3-6-14/h1-8,11,17-18H,9-10,12-13,21H2,(H,22,24)/t17-,18+/m0/s1. The van der Waals surface area contributed by atoms with Gasteiger partial charge in [-0.25, -0.2) is 4.39 Å². The smallest absolute Gasteiger partial charge is 0.225 e. The predicted molar refractivity (Wildman–Crippen MR) is 93.2 cm³/mol. The van der Waals surface area contributed by atoms with Crippen LogP contribution in [0.5, 0.6) is 0 Å². The molecule has 1 aliphatic rings. The van der Waals surface area contributed by atoms with Gasteiger partial charge in [0.1, 0.15) is 5.82 Å². The Bertz CT molecular complexity index is 692. The molecule has 24 heavy (non-hydrogen) atoms. The molecule has 1 saturated heterocycles. The van der Waals surface area contributed by atoms with Crippen molar-refractivity contribution in [2.24, 2.45) is 5.73 Å². The number of nitrogens with two attached hydrogens (primary N) is 1. The van der Waals surface area contributed by atoms with Crippen LogP contribution in [0.3, 0.4) is 0 Å². The van der Waals surface area contributed by atoms with Gasteiger partial charge in [0.2, 0.25) is 5.91 Å². The quantitative estimate of drug-likeness (QED) is 0.887. The van der Waals surface area contributed by atoms with Gasteiger partial charge in [-0.2, -0.15) is 0 Å². The van der Waals surface area contributed by atoms with E-state index in [0.29, 0.717) is 24.6 Å². The summed E-state index contributed by atoms with van der Waals surface area (Å²) in [5, 5.41) is 2.72. The average Bonchev–Trinajstić information content (AvgIpc) is 2.95. The molecule has 5 heteroatoms. The summed E-state index contributed by atoms with van der Waals surface area (Å²) < 4.78 is 13.1. The van der Waals surface area contributed by atoms with Gasteiger partial charge in [0.25, 0.3) is 0 Å². The maximum Gasteiger partial charge on any atom is 0.225 e. The first kappa shape index (κ1) is 16.6. The number of carbonyl (C=O) groups is 1. The molecule has 1 heterocycles. The fraction of sp³-hybridized carbons (Fsp3) is 0.316. The summed E-state index contributed by atoms with van der Waals surface area (Å²) in [4.78, 5) is 14.2. The number of rotatable bonds is 5. The lowest BCUT2D eigenvalue weighted by Gasteiger charge is -2.16. The predicted octanol–water partition coefficient (Wildman–Crippen LogP) is 2.58. The number of hydrogen-bond acceptors (Lipinski definition) is 3. The normalized spacial score (nSPS) is 20.9. The first-order chi connectivity index (χ1) is 11.6. The third-order valence-corrected chi connectivity index (χ3v) is 4.43. The highest BCUT2D eigenvalue weighted by atomic mass is 19.1. The fourth-order valence-electron chi connectivity index (χ4n) is 3.20. The molecule has 126 valence electrons. The van der Waals surface area contributed by atoms with Crippen LogP contribution in [0.25, 0.3) is 0 Å². The third kappa shape index (κ3) is 4.19. The topological polar surface area (TPSA) is 58.4 Å². The van der Waals surface area contributed by atoms with E-state index in [1.54, 1.807) is 12.1 Å². The monoisotopic (exact) mass is 327 g/mol. The molecule has 2 aromatic carbocycles. The van der Waals surface area contributed by atoms with E-state index in [0.717, 1.165) is 13.1 Å². The molecule has 0 spiro atoms. The summed E-state index contributed by atoms with van der Waals surface area (Å²) >= 11 is 0. The number of anilines is 1. The summed E-state index contributed by atoms with van der Waals surface area (Å²) in [5.41, 5.74) is 8.00. The molecule has 0 unspecified atom stereocenters. The SMILES string of the molecule is N[C@@H]1CN(CCC(=O)Nc2cccc(F)c2)C[C@H]1c1ccccc1. The van der Waals surface area contributed by atoms with E-state index in [1.807, 2.05) is 18.2 Å². The second kappa shape index (κ2) is 7.55. The van der Waals surface area contributed by atoms with Gasteiger partial charge in [0.05, 0.1) is 0 Å². The van der Waals surface area contributed by atoms with Crippen LogP contribution in [-0.4, -0.2) is 36.5 Å². The zero-order valence-electron chi connectivity index (χ0n) is 13.5. The summed E-state index contributed by atoms with van der Waals surface area (Å²) in [6.45, 7) is 2.30. The molecule has 4 nitrogen and oxygen atoms in total. The van der Waals surface area contributed by atoms with Crippen LogP contribution < -0.4 is 11.1 Å². The molecule has 3 rings (SSSR count). The molecular formula is C19H22FN3O. The highest BCUT2D eigenvalue weighted by Gasteiger charge is 2.30. The highest BCUT2D eigenvalue weighted by molar-refractivity contribution is 5.90. The molecular weight excluding hydrogens is 305 g/mol. The van der Waals surface area contributed by atoms with E-state index >= 15 is 0 Å². The third-order valence-electron chi connectivity index (χ3n) is 4.43. The lowest BCUT2D eigenvalue weighted by atomic mass is 9.95. The number of carbonyl (C=O) groups excluding carboxylic acids is 1. The molecule has 2 atom stereocenters. The van der Waals surface area contributed by atoms with Crippen molar-refractivity contribution in [3.05, 3.63) is 66.0 Å². The zero-order chi connectivity index (χ0) is 16.9. The average molecular weight is 327 g/mol. The van der Waals surface area contributed by atoms with Gasteiger partial charge in [-0.05, 0) is 23.8 Å². The minimum Gasteiger partial charge on any atom is -0.326 e. The van der Waals surface area contributed by atoms with Gasteiger partial charge in [0.15, 0.2) is 0 Å². The number of nitrogens with zero attached hydrogens (tertiary/aromatic N) is 1. The molecule has 3 N–H and O–H groups in total. The van der Waals surface area contributed by atoms with Crippen molar-refractivity contribution >= 4 is 11.6 Å². The van der Waals surface area contributed by atoms with Crippen LogP contribution >= 0.6 is 0 Å². The molecule has 0 aliphatic carbocycles. The Morgan fingerprint density at radius 1 is 1.17 bits per heavy atom. The highest BCUT2D eigenvalue weighted by Crippen LogP contribution is 2.26. The number of nitrogens with one attached hydrogen (secondary N) is 1. The van der Waals surface area contributed by atoms with E-state index in [-0.39, 0.29) is 17.8 Å². The van der Waals surface area contributed by atoms with Gasteiger partial charge in [-0.15, -0.1) is 0 Å². The summed E-state index contributed by atoms with van der Waals surface area (Å²) in [7, 11) is 0. The molecule has 2 aromatic rings. The van der Waals surface area contributed by atoms with Crippen molar-refractivity contribution in [2.75, 3.05) is 25.0 Å². The molecule has 0 bridgehead atoms. The number of halogens is 1. The van der Waals surface area contributed by atoms with Crippen molar-refractivity contribution < 1.29 is 9.18 Å². The lowest BCUT2D eigenvalue weighted by molar-refractivity contribution is -0.116. The van der Waals surface area contributed by atoms with Gasteiger partial charge in [0, 0.05) is 43.7 Å². The van der Waals surface area contributed by atoms with E-state index in [4.69, 9.17) is 5.73 Å². The lowest BCUT2D eigenvalue weighted by Crippen LogP contribution is -2.30. The van der Waals surface area contributed by atoms with E-state index in [2.05, 4.69) is 22.3 Å². The van der Waals surface area contributed by atoms with Gasteiger partial charge in [-0.1, -0.05) is 36.4 Å². The minimum absolute atomic E-state index is 0.0821. The van der Waals surface area contributed by atoms with Crippen molar-refractivity contribution in [3.8, 4) is 0 Å². The van der Waals surface area contributed by atoms with Gasteiger partial charge >= 0.3 is 0 Å². The van der Waals surface area contributed by atoms with Gasteiger partial charge in [-0.3, -0.25) is 4.79 Å². The second-order valence-electron chi connectivity index (χ2n) is 6.25. The van der Waals surface area contributed by atoms with Crippen LogP contribution in [0.2, 0.25) is 0 Å². The Balaban J connectivity index is 1.49. The summed E-state index contributed by atoms with van der Waals surface area (Å²) in [6.07, 6.45) is 0.366. The number of benzene rings is 2. The van der Waals surface area contributed by atoms with E-state index in [9.17, 15) is 9.18 Å². The van der Waals surface area contributed by atoms with Crippen molar-refractivity contribution in [1.82, 2.24) is 4.90 Å². The Kier molecular flexibility index (Phi) is 5.23. The van der Waals surface area contributed by atoms with Crippen molar-refractivity contribution in [1.29, 1.82) is 0 Å². The summed E-state index contributed by atoms with van der Waals surface area (Å²) in [6, 6.07) is 16.3. The van der Waals surface area contributed by atoms with Crippen molar-refractivity contribution in [3.63, 3.8) is 0 Å². The zero-order valence-corrected chi connectivity index (χ0v) is 13.5. The number of hydrogen-bond donors (Lipinski definition) is 2. The van der Waals surface area contributed by atoms with Crippen LogP contribution in [0.4, 0.5) is 10.1 Å². The fourth-order valence-corrected chi connectivity index (χ4v) is 3.20. The van der Waals surface area contributed by atoms with E-state index in [1.165, 1.54) is 17.7 Å². The molecule has 0 saturated carbocycles. The van der Waals surface area contributed by atoms with Crippen LogP contribution in [-0.2, 0) is 4.79 Å². The molecule has 1 aliphatic heterocycles. The summed E-state index contributed by atoms with van der Waals surface area (Å²) in [5.74, 6) is -0.168. The number of likely N-dealkylation sites (tertiary alicyclic amines) is 1.